The number of hydrogen-bond acceptors (Lipinski definition) is 3. The van der Waals surface area contributed by atoms with Crippen molar-refractivity contribution in [3.8, 4) is 0 Å². The molecule has 0 saturated carbocycles. The molecular formula is C11H11BrF3N3OS. The highest BCUT2D eigenvalue weighted by atomic mass is 79.9. The van der Waals surface area contributed by atoms with Crippen molar-refractivity contribution in [2.45, 2.75) is 36.7 Å². The topological polar surface area (TPSA) is 47.3 Å². The van der Waals surface area contributed by atoms with Crippen LogP contribution in [0.25, 0.3) is 5.65 Å². The van der Waals surface area contributed by atoms with Crippen molar-refractivity contribution in [2.75, 3.05) is 0 Å². The molecule has 1 unspecified atom stereocenters. The molecule has 0 amide bonds. The lowest BCUT2D eigenvalue weighted by atomic mass is 9.93. The van der Waals surface area contributed by atoms with Gasteiger partial charge in [0, 0.05) is 11.5 Å². The van der Waals surface area contributed by atoms with Crippen LogP contribution in [0.1, 0.15) is 26.5 Å². The Bertz CT molecular complexity index is 691. The number of aromatic nitrogens is 3. The van der Waals surface area contributed by atoms with E-state index in [0.29, 0.717) is 10.3 Å². The highest BCUT2D eigenvalue weighted by Gasteiger charge is 2.39. The molecule has 0 N–H and O–H groups in total. The normalized spacial score (nSPS) is 14.8. The first kappa shape index (κ1) is 15.4. The molecule has 110 valence electrons. The van der Waals surface area contributed by atoms with Crippen LogP contribution in [0.2, 0.25) is 0 Å². The fourth-order valence-electron chi connectivity index (χ4n) is 1.60. The second kappa shape index (κ2) is 4.80. The predicted octanol–water partition coefficient (Wildman–Crippen LogP) is 3.42. The van der Waals surface area contributed by atoms with Crippen LogP contribution in [0.15, 0.2) is 22.0 Å². The van der Waals surface area contributed by atoms with Crippen molar-refractivity contribution in [1.82, 2.24) is 14.4 Å². The summed E-state index contributed by atoms with van der Waals surface area (Å²) < 4.78 is 50.7. The van der Waals surface area contributed by atoms with E-state index in [9.17, 15) is 17.4 Å². The second-order valence-corrected chi connectivity index (χ2v) is 7.34. The van der Waals surface area contributed by atoms with Gasteiger partial charge < -0.3 is 0 Å². The third-order valence-corrected chi connectivity index (χ3v) is 4.32. The van der Waals surface area contributed by atoms with Gasteiger partial charge in [-0.15, -0.1) is 0 Å². The van der Waals surface area contributed by atoms with Crippen LogP contribution in [-0.2, 0) is 16.2 Å². The van der Waals surface area contributed by atoms with Gasteiger partial charge in [0.1, 0.15) is 21.6 Å². The summed E-state index contributed by atoms with van der Waals surface area (Å²) in [4.78, 5) is 7.89. The van der Waals surface area contributed by atoms with Crippen LogP contribution in [0, 0.1) is 0 Å². The molecule has 0 spiro atoms. The van der Waals surface area contributed by atoms with Gasteiger partial charge in [-0.3, -0.25) is 4.40 Å². The summed E-state index contributed by atoms with van der Waals surface area (Å²) in [6.07, 6.45) is 1.18. The van der Waals surface area contributed by atoms with E-state index in [-0.39, 0.29) is 11.1 Å². The average Bonchev–Trinajstić information content (AvgIpc) is 2.64. The van der Waals surface area contributed by atoms with Gasteiger partial charge in [-0.1, -0.05) is 20.8 Å². The number of alkyl halides is 3. The number of hydrogen-bond donors (Lipinski definition) is 0. The predicted molar refractivity (Wildman–Crippen MR) is 71.9 cm³/mol. The Morgan fingerprint density at radius 3 is 2.40 bits per heavy atom. The Labute approximate surface area is 124 Å². The molecule has 0 saturated heterocycles. The van der Waals surface area contributed by atoms with E-state index in [1.807, 2.05) is 20.8 Å². The standard InChI is InChI=1S/C11H11BrF3N3OS/c1-10(2,3)8-9(12)18-5-16-7(4-6(18)17-8)20(19)11(13,14)15/h4-5H,1-3H3. The van der Waals surface area contributed by atoms with Crippen LogP contribution >= 0.6 is 15.9 Å². The molecule has 9 heteroatoms. The van der Waals surface area contributed by atoms with Crippen LogP contribution < -0.4 is 0 Å². The summed E-state index contributed by atoms with van der Waals surface area (Å²) in [6.45, 7) is 5.80. The van der Waals surface area contributed by atoms with Gasteiger partial charge in [-0.25, -0.2) is 14.2 Å². The van der Waals surface area contributed by atoms with Crippen molar-refractivity contribution in [3.05, 3.63) is 22.7 Å². The lowest BCUT2D eigenvalue weighted by molar-refractivity contribution is -0.0386. The molecule has 0 aliphatic carbocycles. The smallest absolute Gasteiger partial charge is 0.277 e. The lowest BCUT2D eigenvalue weighted by Crippen LogP contribution is -2.17. The molecule has 0 bridgehead atoms. The van der Waals surface area contributed by atoms with E-state index in [0.717, 1.165) is 6.07 Å². The zero-order chi connectivity index (χ0) is 15.3. The van der Waals surface area contributed by atoms with Crippen molar-refractivity contribution < 1.29 is 17.4 Å². The molecule has 0 radical (unpaired) electrons. The third kappa shape index (κ3) is 2.73. The van der Waals surface area contributed by atoms with Gasteiger partial charge in [0.2, 0.25) is 0 Å². The molecule has 0 aliphatic rings. The first-order valence-electron chi connectivity index (χ1n) is 5.54. The summed E-state index contributed by atoms with van der Waals surface area (Å²) in [7, 11) is -3.15. The quantitative estimate of drug-likeness (QED) is 0.723. The molecule has 2 aromatic rings. The maximum absolute atomic E-state index is 12.4. The minimum absolute atomic E-state index is 0.268. The maximum Gasteiger partial charge on any atom is 0.477 e. The van der Waals surface area contributed by atoms with Crippen LogP contribution in [0.5, 0.6) is 0 Å². The zero-order valence-electron chi connectivity index (χ0n) is 10.8. The number of nitrogens with zero attached hydrogens (tertiary/aromatic N) is 3. The van der Waals surface area contributed by atoms with Crippen molar-refractivity contribution in [2.24, 2.45) is 0 Å². The van der Waals surface area contributed by atoms with E-state index in [2.05, 4.69) is 25.9 Å². The molecule has 0 fully saturated rings. The van der Waals surface area contributed by atoms with E-state index in [1.54, 1.807) is 0 Å². The molecule has 20 heavy (non-hydrogen) atoms. The van der Waals surface area contributed by atoms with Crippen molar-refractivity contribution >= 4 is 32.4 Å². The number of rotatable bonds is 1. The highest BCUT2D eigenvalue weighted by Crippen LogP contribution is 2.31. The zero-order valence-corrected chi connectivity index (χ0v) is 13.2. The molecule has 2 heterocycles. The number of imidazole rings is 1. The van der Waals surface area contributed by atoms with E-state index in [1.165, 1.54) is 10.7 Å². The van der Waals surface area contributed by atoms with Gasteiger partial charge in [0.25, 0.3) is 0 Å². The fourth-order valence-corrected chi connectivity index (χ4v) is 3.15. The molecule has 2 aromatic heterocycles. The molecule has 4 nitrogen and oxygen atoms in total. The van der Waals surface area contributed by atoms with Gasteiger partial charge >= 0.3 is 5.51 Å². The maximum atomic E-state index is 12.4. The highest BCUT2D eigenvalue weighted by molar-refractivity contribution is 9.10. The Morgan fingerprint density at radius 2 is 1.90 bits per heavy atom. The largest absolute Gasteiger partial charge is 0.477 e. The SMILES string of the molecule is CC(C)(C)c1nc2cc(S(=O)C(F)(F)F)ncn2c1Br. The summed E-state index contributed by atoms with van der Waals surface area (Å²) in [6, 6.07) is 1.09. The fraction of sp³-hybridized carbons (Fsp3) is 0.455. The minimum atomic E-state index is -4.83. The van der Waals surface area contributed by atoms with E-state index in [4.69, 9.17) is 0 Å². The summed E-state index contributed by atoms with van der Waals surface area (Å²) in [5.74, 6) is 0. The van der Waals surface area contributed by atoms with Crippen LogP contribution in [0.4, 0.5) is 13.2 Å². The van der Waals surface area contributed by atoms with Gasteiger partial charge in [-0.05, 0) is 15.9 Å². The van der Waals surface area contributed by atoms with Gasteiger partial charge in [0.15, 0.2) is 10.8 Å². The summed E-state index contributed by atoms with van der Waals surface area (Å²) in [5, 5.41) is -0.553. The minimum Gasteiger partial charge on any atom is -0.277 e. The number of fused-ring (bicyclic) bond motifs is 1. The molecular weight excluding hydrogens is 359 g/mol. The Balaban J connectivity index is 2.59. The van der Waals surface area contributed by atoms with E-state index >= 15 is 0 Å². The average molecular weight is 370 g/mol. The first-order valence-corrected chi connectivity index (χ1v) is 7.49. The molecule has 1 atom stereocenters. The van der Waals surface area contributed by atoms with Gasteiger partial charge in [0.05, 0.1) is 5.69 Å². The first-order chi connectivity index (χ1) is 9.01. The summed E-state index contributed by atoms with van der Waals surface area (Å²) in [5.41, 5.74) is -4.16. The second-order valence-electron chi connectivity index (χ2n) is 5.17. The Hall–Kier alpha value is -0.960. The lowest BCUT2D eigenvalue weighted by Gasteiger charge is -2.15. The third-order valence-electron chi connectivity index (χ3n) is 2.54. The Kier molecular flexibility index (Phi) is 3.70. The van der Waals surface area contributed by atoms with Crippen LogP contribution in [0.3, 0.4) is 0 Å². The Morgan fingerprint density at radius 1 is 1.30 bits per heavy atom. The summed E-state index contributed by atoms with van der Waals surface area (Å²) >= 11 is 3.35. The van der Waals surface area contributed by atoms with E-state index < -0.39 is 21.3 Å². The molecule has 2 rings (SSSR count). The monoisotopic (exact) mass is 369 g/mol. The number of halogens is 4. The van der Waals surface area contributed by atoms with Crippen LogP contribution in [-0.4, -0.2) is 24.1 Å². The van der Waals surface area contributed by atoms with Gasteiger partial charge in [-0.2, -0.15) is 13.2 Å². The molecule has 0 aromatic carbocycles. The van der Waals surface area contributed by atoms with Crippen molar-refractivity contribution in [1.29, 1.82) is 0 Å². The van der Waals surface area contributed by atoms with Crippen molar-refractivity contribution in [3.63, 3.8) is 0 Å². The molecule has 0 aliphatic heterocycles.